The third kappa shape index (κ3) is 6.66. The van der Waals surface area contributed by atoms with E-state index in [0.29, 0.717) is 0 Å². The van der Waals surface area contributed by atoms with E-state index in [2.05, 4.69) is 15.0 Å². The summed E-state index contributed by atoms with van der Waals surface area (Å²) in [5, 5.41) is 3.65. The van der Waals surface area contributed by atoms with Gasteiger partial charge in [0.2, 0.25) is 5.88 Å². The topological polar surface area (TPSA) is 90.0 Å². The lowest BCUT2D eigenvalue weighted by atomic mass is 10.0. The molecule has 1 aliphatic rings. The third-order valence-electron chi connectivity index (χ3n) is 5.20. The van der Waals surface area contributed by atoms with E-state index in [-0.39, 0.29) is 41.0 Å². The highest BCUT2D eigenvalue weighted by molar-refractivity contribution is 7.17. The second-order valence-corrected chi connectivity index (χ2v) is 8.51. The zero-order valence-corrected chi connectivity index (χ0v) is 19.3. The number of thiophene rings is 1. The molecule has 2 amide bonds. The van der Waals surface area contributed by atoms with E-state index < -0.39 is 55.5 Å². The van der Waals surface area contributed by atoms with E-state index in [0.717, 1.165) is 17.4 Å². The molecule has 3 heterocycles. The third-order valence-corrected chi connectivity index (χ3v) is 6.20. The molecule has 0 aromatic carbocycles. The fourth-order valence-corrected chi connectivity index (χ4v) is 4.62. The standard InChI is InChI=1S/C20H21F6N3O5S/c1-10-7-11(3-4-29(10)18(31)32-5-6-33-20(24,25)26)34-14-8-13(19(21,22)23)16-15(28-14)12(9-35-16)17(30)27-2/h8-11H,3-7H2,1-2H3,(H,27,30)/t10-,11-/m0/s1. The number of rotatable bonds is 6. The maximum atomic E-state index is 13.7. The number of fused-ring (bicyclic) bond motifs is 1. The number of nitrogens with zero attached hydrogens (tertiary/aromatic N) is 2. The Morgan fingerprint density at radius 1 is 1.23 bits per heavy atom. The van der Waals surface area contributed by atoms with Gasteiger partial charge in [-0.3, -0.25) is 9.53 Å². The molecule has 1 aliphatic heterocycles. The number of likely N-dealkylation sites (tertiary alicyclic amines) is 1. The zero-order chi connectivity index (χ0) is 26.0. The molecule has 1 N–H and O–H groups in total. The number of carbonyl (C=O) groups is 2. The molecule has 0 bridgehead atoms. The highest BCUT2D eigenvalue weighted by Crippen LogP contribution is 2.40. The molecule has 15 heteroatoms. The Labute approximate surface area is 199 Å². The summed E-state index contributed by atoms with van der Waals surface area (Å²) in [5.41, 5.74) is -1.12. The molecule has 1 fully saturated rings. The van der Waals surface area contributed by atoms with Crippen LogP contribution >= 0.6 is 11.3 Å². The smallest absolute Gasteiger partial charge is 0.474 e. The largest absolute Gasteiger partial charge is 0.522 e. The van der Waals surface area contributed by atoms with Gasteiger partial charge in [0.15, 0.2) is 0 Å². The van der Waals surface area contributed by atoms with Gasteiger partial charge in [-0.25, -0.2) is 9.78 Å². The monoisotopic (exact) mass is 529 g/mol. The van der Waals surface area contributed by atoms with Crippen LogP contribution in [0.25, 0.3) is 10.2 Å². The summed E-state index contributed by atoms with van der Waals surface area (Å²) in [7, 11) is 1.35. The predicted octanol–water partition coefficient (Wildman–Crippen LogP) is 4.58. The summed E-state index contributed by atoms with van der Waals surface area (Å²) >= 11 is 0.751. The molecule has 0 aliphatic carbocycles. The molecule has 8 nitrogen and oxygen atoms in total. The van der Waals surface area contributed by atoms with Crippen LogP contribution in [0.2, 0.25) is 0 Å². The Hall–Kier alpha value is -2.81. The van der Waals surface area contributed by atoms with E-state index in [1.165, 1.54) is 17.3 Å². The average Bonchev–Trinajstić information content (AvgIpc) is 3.18. The lowest BCUT2D eigenvalue weighted by Crippen LogP contribution is -2.47. The quantitative estimate of drug-likeness (QED) is 0.435. The molecule has 194 valence electrons. The molecule has 0 radical (unpaired) electrons. The SMILES string of the molecule is CNC(=O)c1csc2c(C(F)(F)F)cc(O[C@H]3CCN(C(=O)OCCOC(F)(F)F)[C@@H](C)C3)nc12. The first kappa shape index (κ1) is 26.8. The van der Waals surface area contributed by atoms with E-state index >= 15 is 0 Å². The molecule has 1 saturated heterocycles. The normalized spacial score (nSPS) is 19.0. The zero-order valence-electron chi connectivity index (χ0n) is 18.5. The molecule has 3 rings (SSSR count). The van der Waals surface area contributed by atoms with Gasteiger partial charge in [0.1, 0.15) is 12.7 Å². The van der Waals surface area contributed by atoms with Crippen LogP contribution in [0.15, 0.2) is 11.4 Å². The number of ether oxygens (including phenoxy) is 3. The van der Waals surface area contributed by atoms with Crippen molar-refractivity contribution in [1.29, 1.82) is 0 Å². The van der Waals surface area contributed by atoms with Crippen LogP contribution in [-0.4, -0.2) is 67.2 Å². The van der Waals surface area contributed by atoms with E-state index in [9.17, 15) is 35.9 Å². The Morgan fingerprint density at radius 3 is 2.54 bits per heavy atom. The molecule has 0 saturated carbocycles. The number of carbonyl (C=O) groups excluding carboxylic acids is 2. The minimum absolute atomic E-state index is 0.0103. The van der Waals surface area contributed by atoms with Crippen LogP contribution in [0, 0.1) is 0 Å². The van der Waals surface area contributed by atoms with Gasteiger partial charge in [-0.2, -0.15) is 13.2 Å². The molecule has 2 aromatic rings. The number of hydrogen-bond acceptors (Lipinski definition) is 7. The minimum Gasteiger partial charge on any atom is -0.474 e. The molecule has 0 spiro atoms. The highest BCUT2D eigenvalue weighted by Gasteiger charge is 2.37. The first-order chi connectivity index (χ1) is 16.3. The van der Waals surface area contributed by atoms with Gasteiger partial charge in [0.25, 0.3) is 5.91 Å². The van der Waals surface area contributed by atoms with Crippen molar-refractivity contribution in [2.75, 3.05) is 26.8 Å². The fraction of sp³-hybridized carbons (Fsp3) is 0.550. The number of halogens is 6. The summed E-state index contributed by atoms with van der Waals surface area (Å²) in [6, 6.07) is 0.302. The lowest BCUT2D eigenvalue weighted by Gasteiger charge is -2.36. The molecular weight excluding hydrogens is 508 g/mol. The summed E-state index contributed by atoms with van der Waals surface area (Å²) in [4.78, 5) is 29.6. The Kier molecular flexibility index (Phi) is 7.99. The van der Waals surface area contributed by atoms with E-state index in [1.807, 2.05) is 0 Å². The Bertz CT molecular complexity index is 1070. The number of hydrogen-bond donors (Lipinski definition) is 1. The molecule has 0 unspecified atom stereocenters. The van der Waals surface area contributed by atoms with Crippen molar-refractivity contribution in [2.24, 2.45) is 0 Å². The first-order valence-corrected chi connectivity index (χ1v) is 11.2. The van der Waals surface area contributed by atoms with Gasteiger partial charge in [0, 0.05) is 43.9 Å². The van der Waals surface area contributed by atoms with Gasteiger partial charge in [-0.05, 0) is 6.92 Å². The Morgan fingerprint density at radius 2 is 1.94 bits per heavy atom. The molecule has 2 atom stereocenters. The number of alkyl halides is 6. The van der Waals surface area contributed by atoms with Crippen LogP contribution in [0.3, 0.4) is 0 Å². The van der Waals surface area contributed by atoms with Crippen molar-refractivity contribution in [3.8, 4) is 5.88 Å². The van der Waals surface area contributed by atoms with Crippen molar-refractivity contribution in [1.82, 2.24) is 15.2 Å². The van der Waals surface area contributed by atoms with Crippen molar-refractivity contribution in [3.05, 3.63) is 22.6 Å². The molecule has 35 heavy (non-hydrogen) atoms. The van der Waals surface area contributed by atoms with Crippen LogP contribution in [0.5, 0.6) is 5.88 Å². The van der Waals surface area contributed by atoms with E-state index in [4.69, 9.17) is 9.47 Å². The first-order valence-electron chi connectivity index (χ1n) is 10.3. The van der Waals surface area contributed by atoms with Gasteiger partial charge in [0.05, 0.1) is 28.0 Å². The van der Waals surface area contributed by atoms with Gasteiger partial charge >= 0.3 is 18.6 Å². The number of pyridine rings is 1. The fourth-order valence-electron chi connectivity index (χ4n) is 3.60. The van der Waals surface area contributed by atoms with Gasteiger partial charge in [-0.15, -0.1) is 24.5 Å². The number of piperidine rings is 1. The van der Waals surface area contributed by atoms with Crippen molar-refractivity contribution in [2.45, 2.75) is 44.4 Å². The number of amides is 2. The molecular formula is C20H21F6N3O5S. The van der Waals surface area contributed by atoms with E-state index in [1.54, 1.807) is 6.92 Å². The van der Waals surface area contributed by atoms with Crippen LogP contribution in [0.4, 0.5) is 31.1 Å². The van der Waals surface area contributed by atoms with Crippen LogP contribution in [0.1, 0.15) is 35.7 Å². The van der Waals surface area contributed by atoms with Crippen LogP contribution < -0.4 is 10.1 Å². The Balaban J connectivity index is 1.69. The second kappa shape index (κ2) is 10.4. The predicted molar refractivity (Wildman–Crippen MR) is 111 cm³/mol. The summed E-state index contributed by atoms with van der Waals surface area (Å²) in [6.45, 7) is 0.296. The average molecular weight is 529 g/mol. The van der Waals surface area contributed by atoms with Crippen molar-refractivity contribution < 1.29 is 50.1 Å². The minimum atomic E-state index is -4.83. The summed E-state index contributed by atoms with van der Waals surface area (Å²) < 4.78 is 90.8. The molecule has 2 aromatic heterocycles. The number of aromatic nitrogens is 1. The van der Waals surface area contributed by atoms with Crippen molar-refractivity contribution in [3.63, 3.8) is 0 Å². The lowest BCUT2D eigenvalue weighted by molar-refractivity contribution is -0.326. The van der Waals surface area contributed by atoms with Crippen molar-refractivity contribution >= 4 is 33.6 Å². The van der Waals surface area contributed by atoms with Gasteiger partial charge in [-0.1, -0.05) is 0 Å². The highest BCUT2D eigenvalue weighted by atomic mass is 32.1. The maximum absolute atomic E-state index is 13.7. The van der Waals surface area contributed by atoms with Gasteiger partial charge < -0.3 is 19.7 Å². The summed E-state index contributed by atoms with van der Waals surface area (Å²) in [6.07, 6.45) is -10.6. The maximum Gasteiger partial charge on any atom is 0.522 e. The van der Waals surface area contributed by atoms with Crippen LogP contribution in [-0.2, 0) is 15.7 Å². The summed E-state index contributed by atoms with van der Waals surface area (Å²) in [5.74, 6) is -0.902. The second-order valence-electron chi connectivity index (χ2n) is 7.63. The number of nitrogens with one attached hydrogen (secondary N) is 1.